The molecule has 3 nitrogen and oxygen atoms in total. The van der Waals surface area contributed by atoms with Crippen molar-refractivity contribution in [3.05, 3.63) is 29.0 Å². The fraction of sp³-hybridized carbons (Fsp3) is 0.500. The normalized spacial score (nSPS) is 15.6. The summed E-state index contributed by atoms with van der Waals surface area (Å²) in [6.07, 6.45) is 0.778. The number of nitrogens with two attached hydrogens (primary N) is 1. The van der Waals surface area contributed by atoms with Crippen molar-refractivity contribution in [1.82, 2.24) is 4.98 Å². The molecule has 0 aliphatic rings. The van der Waals surface area contributed by atoms with Crippen molar-refractivity contribution in [2.75, 3.05) is 0 Å². The second-order valence-corrected chi connectivity index (χ2v) is 4.10. The van der Waals surface area contributed by atoms with Gasteiger partial charge in [-0.25, -0.2) is 0 Å². The number of pyridine rings is 1. The molecule has 1 rings (SSSR count). The van der Waals surface area contributed by atoms with Gasteiger partial charge in [-0.3, -0.25) is 4.98 Å². The van der Waals surface area contributed by atoms with E-state index in [0.717, 1.165) is 0 Å². The molecule has 4 heteroatoms. The maximum absolute atomic E-state index is 9.82. The van der Waals surface area contributed by atoms with Crippen LogP contribution in [0.15, 0.2) is 18.3 Å². The highest BCUT2D eigenvalue weighted by atomic mass is 35.5. The van der Waals surface area contributed by atoms with Crippen LogP contribution in [0.5, 0.6) is 0 Å². The fourth-order valence-electron chi connectivity index (χ4n) is 1.12. The van der Waals surface area contributed by atoms with Gasteiger partial charge >= 0.3 is 0 Å². The summed E-state index contributed by atoms with van der Waals surface area (Å²) in [6, 6.07) is 3.08. The first-order valence-electron chi connectivity index (χ1n) is 4.57. The van der Waals surface area contributed by atoms with Gasteiger partial charge in [-0.15, -0.1) is 0 Å². The third kappa shape index (κ3) is 2.67. The summed E-state index contributed by atoms with van der Waals surface area (Å²) in [5.74, 6) is 0.211. The van der Waals surface area contributed by atoms with Crippen molar-refractivity contribution in [1.29, 1.82) is 0 Å². The van der Waals surface area contributed by atoms with Crippen molar-refractivity contribution in [3.8, 4) is 0 Å². The molecule has 78 valence electrons. The van der Waals surface area contributed by atoms with E-state index in [0.29, 0.717) is 10.7 Å². The third-order valence-corrected chi connectivity index (χ3v) is 2.41. The van der Waals surface area contributed by atoms with Crippen molar-refractivity contribution in [2.45, 2.75) is 26.0 Å². The number of nitrogens with zero attached hydrogens (tertiary/aromatic N) is 1. The van der Waals surface area contributed by atoms with E-state index in [1.807, 2.05) is 13.8 Å². The summed E-state index contributed by atoms with van der Waals surface area (Å²) in [7, 11) is 0. The van der Waals surface area contributed by atoms with Crippen LogP contribution >= 0.6 is 11.6 Å². The Morgan fingerprint density at radius 2 is 2.07 bits per heavy atom. The SMILES string of the molecule is CC(C)[C@H](N)[C@H](O)c1ccc(Cl)cn1. The lowest BCUT2D eigenvalue weighted by Gasteiger charge is -2.21. The molecule has 0 aromatic carbocycles. The first kappa shape index (κ1) is 11.4. The third-order valence-electron chi connectivity index (χ3n) is 2.19. The standard InChI is InChI=1S/C10H15ClN2O/c1-6(2)9(12)10(14)8-4-3-7(11)5-13-8/h3-6,9-10,14H,12H2,1-2H3/t9-,10+/m0/s1. The molecule has 0 aliphatic heterocycles. The largest absolute Gasteiger partial charge is 0.385 e. The lowest BCUT2D eigenvalue weighted by atomic mass is 9.97. The van der Waals surface area contributed by atoms with E-state index < -0.39 is 6.10 Å². The Labute approximate surface area is 88.9 Å². The molecule has 1 aromatic heterocycles. The minimum Gasteiger partial charge on any atom is -0.385 e. The first-order valence-corrected chi connectivity index (χ1v) is 4.95. The van der Waals surface area contributed by atoms with Crippen LogP contribution in [0.1, 0.15) is 25.6 Å². The second-order valence-electron chi connectivity index (χ2n) is 3.67. The molecule has 2 atom stereocenters. The summed E-state index contributed by atoms with van der Waals surface area (Å²) in [4.78, 5) is 4.02. The van der Waals surface area contributed by atoms with Gasteiger partial charge in [0, 0.05) is 12.2 Å². The van der Waals surface area contributed by atoms with E-state index in [4.69, 9.17) is 17.3 Å². The average Bonchev–Trinajstić information content (AvgIpc) is 2.16. The molecule has 0 unspecified atom stereocenters. The van der Waals surface area contributed by atoms with Gasteiger partial charge in [0.2, 0.25) is 0 Å². The van der Waals surface area contributed by atoms with Crippen LogP contribution in [-0.2, 0) is 0 Å². The Morgan fingerprint density at radius 1 is 1.43 bits per heavy atom. The zero-order valence-corrected chi connectivity index (χ0v) is 9.07. The summed E-state index contributed by atoms with van der Waals surface area (Å²) >= 11 is 5.68. The van der Waals surface area contributed by atoms with Gasteiger partial charge in [0.05, 0.1) is 10.7 Å². The molecule has 0 amide bonds. The zero-order valence-electron chi connectivity index (χ0n) is 8.31. The molecular weight excluding hydrogens is 200 g/mol. The number of hydrogen-bond donors (Lipinski definition) is 2. The Balaban J connectivity index is 2.78. The quantitative estimate of drug-likeness (QED) is 0.806. The van der Waals surface area contributed by atoms with Crippen LogP contribution in [-0.4, -0.2) is 16.1 Å². The van der Waals surface area contributed by atoms with Crippen LogP contribution in [0.2, 0.25) is 5.02 Å². The van der Waals surface area contributed by atoms with Gasteiger partial charge in [-0.05, 0) is 18.1 Å². The molecule has 0 aliphatic carbocycles. The molecule has 1 aromatic rings. The molecule has 0 bridgehead atoms. The van der Waals surface area contributed by atoms with Gasteiger partial charge in [0.15, 0.2) is 0 Å². The molecule has 14 heavy (non-hydrogen) atoms. The Morgan fingerprint density at radius 3 is 2.50 bits per heavy atom. The Kier molecular flexibility index (Phi) is 3.86. The fourth-order valence-corrected chi connectivity index (χ4v) is 1.24. The number of rotatable bonds is 3. The summed E-state index contributed by atoms with van der Waals surface area (Å²) in [6.45, 7) is 3.92. The highest BCUT2D eigenvalue weighted by Crippen LogP contribution is 2.19. The summed E-state index contributed by atoms with van der Waals surface area (Å²) in [5, 5.41) is 10.4. The molecule has 0 spiro atoms. The lowest BCUT2D eigenvalue weighted by Crippen LogP contribution is -2.33. The van der Waals surface area contributed by atoms with Crippen LogP contribution in [0, 0.1) is 5.92 Å². The van der Waals surface area contributed by atoms with Gasteiger partial charge in [-0.2, -0.15) is 0 Å². The molecular formula is C10H15ClN2O. The van der Waals surface area contributed by atoms with Crippen LogP contribution in [0.3, 0.4) is 0 Å². The minimum absolute atomic E-state index is 0.211. The monoisotopic (exact) mass is 214 g/mol. The number of aliphatic hydroxyl groups is 1. The molecule has 0 saturated carbocycles. The van der Waals surface area contributed by atoms with Crippen molar-refractivity contribution in [2.24, 2.45) is 11.7 Å². The Hall–Kier alpha value is -0.640. The number of halogens is 1. The van der Waals surface area contributed by atoms with E-state index in [-0.39, 0.29) is 12.0 Å². The molecule has 1 heterocycles. The van der Waals surface area contributed by atoms with Gasteiger partial charge in [0.25, 0.3) is 0 Å². The van der Waals surface area contributed by atoms with Crippen LogP contribution < -0.4 is 5.73 Å². The molecule has 0 fully saturated rings. The van der Waals surface area contributed by atoms with E-state index in [1.165, 1.54) is 6.20 Å². The Bertz CT molecular complexity index is 287. The van der Waals surface area contributed by atoms with Gasteiger partial charge < -0.3 is 10.8 Å². The predicted octanol–water partition coefficient (Wildman–Crippen LogP) is 1.75. The number of aromatic nitrogens is 1. The van der Waals surface area contributed by atoms with Gasteiger partial charge in [-0.1, -0.05) is 25.4 Å². The average molecular weight is 215 g/mol. The molecule has 3 N–H and O–H groups in total. The van der Waals surface area contributed by atoms with Crippen molar-refractivity contribution in [3.63, 3.8) is 0 Å². The van der Waals surface area contributed by atoms with E-state index in [9.17, 15) is 5.11 Å². The van der Waals surface area contributed by atoms with Crippen molar-refractivity contribution < 1.29 is 5.11 Å². The minimum atomic E-state index is -0.729. The first-order chi connectivity index (χ1) is 6.52. The molecule has 0 radical (unpaired) electrons. The maximum atomic E-state index is 9.82. The predicted molar refractivity (Wildman–Crippen MR) is 57.0 cm³/mol. The summed E-state index contributed by atoms with van der Waals surface area (Å²) in [5.41, 5.74) is 6.37. The van der Waals surface area contributed by atoms with E-state index >= 15 is 0 Å². The van der Waals surface area contributed by atoms with Crippen molar-refractivity contribution >= 4 is 11.6 Å². The number of aliphatic hydroxyl groups excluding tert-OH is 1. The smallest absolute Gasteiger partial charge is 0.111 e. The van der Waals surface area contributed by atoms with E-state index in [2.05, 4.69) is 4.98 Å². The lowest BCUT2D eigenvalue weighted by molar-refractivity contribution is 0.121. The topological polar surface area (TPSA) is 59.1 Å². The van der Waals surface area contributed by atoms with Crippen LogP contribution in [0.4, 0.5) is 0 Å². The second kappa shape index (κ2) is 4.73. The van der Waals surface area contributed by atoms with Crippen LogP contribution in [0.25, 0.3) is 0 Å². The van der Waals surface area contributed by atoms with E-state index in [1.54, 1.807) is 12.1 Å². The van der Waals surface area contributed by atoms with Gasteiger partial charge in [0.1, 0.15) is 6.10 Å². The maximum Gasteiger partial charge on any atom is 0.111 e. The molecule has 0 saturated heterocycles. The zero-order chi connectivity index (χ0) is 10.7. The highest BCUT2D eigenvalue weighted by Gasteiger charge is 2.20. The number of hydrogen-bond acceptors (Lipinski definition) is 3. The summed E-state index contributed by atoms with van der Waals surface area (Å²) < 4.78 is 0. The highest BCUT2D eigenvalue weighted by molar-refractivity contribution is 6.30.